The topological polar surface area (TPSA) is 72.5 Å². The quantitative estimate of drug-likeness (QED) is 0.743. The van der Waals surface area contributed by atoms with Gasteiger partial charge in [-0.05, 0) is 26.2 Å². The normalized spacial score (nSPS) is 33.7. The largest absolute Gasteiger partial charge is 0.481 e. The zero-order valence-corrected chi connectivity index (χ0v) is 9.53. The van der Waals surface area contributed by atoms with Crippen molar-refractivity contribution < 1.29 is 14.6 Å². The van der Waals surface area contributed by atoms with Crippen LogP contribution < -0.4 is 5.73 Å². The Morgan fingerprint density at radius 2 is 2.40 bits per heavy atom. The molecule has 0 aliphatic carbocycles. The third kappa shape index (κ3) is 2.92. The molecule has 3 atom stereocenters. The van der Waals surface area contributed by atoms with Crippen LogP contribution in [0.4, 0.5) is 0 Å². The minimum atomic E-state index is -0.760. The number of carboxylic acids is 1. The summed E-state index contributed by atoms with van der Waals surface area (Å²) in [6, 6.07) is -0.0912. The molecule has 1 rings (SSSR count). The lowest BCUT2D eigenvalue weighted by molar-refractivity contribution is -0.144. The fourth-order valence-corrected chi connectivity index (χ4v) is 2.34. The maximum absolute atomic E-state index is 10.9. The smallest absolute Gasteiger partial charge is 0.303 e. The second-order valence-electron chi connectivity index (χ2n) is 4.58. The van der Waals surface area contributed by atoms with Crippen molar-refractivity contribution in [2.24, 2.45) is 11.1 Å². The van der Waals surface area contributed by atoms with E-state index >= 15 is 0 Å². The van der Waals surface area contributed by atoms with Gasteiger partial charge in [0.25, 0.3) is 0 Å². The predicted octanol–water partition coefficient (Wildman–Crippen LogP) is 1.38. The highest BCUT2D eigenvalue weighted by atomic mass is 16.5. The summed E-state index contributed by atoms with van der Waals surface area (Å²) in [5.74, 6) is -0.760. The fourth-order valence-electron chi connectivity index (χ4n) is 2.34. The minimum absolute atomic E-state index is 0.0912. The maximum atomic E-state index is 10.9. The fraction of sp³-hybridized carbons (Fsp3) is 0.909. The average Bonchev–Trinajstić information content (AvgIpc) is 2.16. The van der Waals surface area contributed by atoms with E-state index in [2.05, 4.69) is 6.92 Å². The Labute approximate surface area is 90.8 Å². The zero-order valence-electron chi connectivity index (χ0n) is 9.53. The van der Waals surface area contributed by atoms with Gasteiger partial charge in [-0.3, -0.25) is 4.79 Å². The van der Waals surface area contributed by atoms with Crippen LogP contribution in [0.2, 0.25) is 0 Å². The van der Waals surface area contributed by atoms with Crippen LogP contribution >= 0.6 is 0 Å². The number of rotatable bonds is 4. The zero-order chi connectivity index (χ0) is 11.5. The molecule has 1 saturated heterocycles. The van der Waals surface area contributed by atoms with Gasteiger partial charge in [-0.1, -0.05) is 6.92 Å². The van der Waals surface area contributed by atoms with Gasteiger partial charge in [-0.15, -0.1) is 0 Å². The second-order valence-corrected chi connectivity index (χ2v) is 4.58. The molecule has 1 fully saturated rings. The molecule has 0 amide bonds. The lowest BCUT2D eigenvalue weighted by Gasteiger charge is -2.42. The molecule has 3 N–H and O–H groups in total. The Kier molecular flexibility index (Phi) is 4.11. The van der Waals surface area contributed by atoms with Crippen molar-refractivity contribution >= 4 is 5.97 Å². The number of hydrogen-bond acceptors (Lipinski definition) is 3. The van der Waals surface area contributed by atoms with Gasteiger partial charge >= 0.3 is 5.97 Å². The van der Waals surface area contributed by atoms with Crippen LogP contribution in [0.25, 0.3) is 0 Å². The molecule has 1 aliphatic rings. The van der Waals surface area contributed by atoms with Crippen LogP contribution in [0, 0.1) is 5.41 Å². The summed E-state index contributed by atoms with van der Waals surface area (Å²) in [5, 5.41) is 8.94. The minimum Gasteiger partial charge on any atom is -0.481 e. The first-order valence-corrected chi connectivity index (χ1v) is 5.59. The Morgan fingerprint density at radius 1 is 1.73 bits per heavy atom. The summed E-state index contributed by atoms with van der Waals surface area (Å²) >= 11 is 0. The average molecular weight is 215 g/mol. The van der Waals surface area contributed by atoms with E-state index in [1.807, 2.05) is 6.92 Å². The van der Waals surface area contributed by atoms with Gasteiger partial charge in [0.05, 0.1) is 12.5 Å². The van der Waals surface area contributed by atoms with E-state index < -0.39 is 5.97 Å². The van der Waals surface area contributed by atoms with Crippen LogP contribution in [-0.4, -0.2) is 29.8 Å². The van der Waals surface area contributed by atoms with E-state index in [1.54, 1.807) is 0 Å². The lowest BCUT2D eigenvalue weighted by atomic mass is 9.70. The van der Waals surface area contributed by atoms with Crippen LogP contribution in [-0.2, 0) is 9.53 Å². The van der Waals surface area contributed by atoms with Crippen molar-refractivity contribution in [3.8, 4) is 0 Å². The van der Waals surface area contributed by atoms with E-state index in [4.69, 9.17) is 15.6 Å². The standard InChI is InChI=1S/C11H21NO3/c1-3-9-6-11(8(2)12,4-5-15-9)7-10(13)14/h8-9H,3-7,12H2,1-2H3,(H,13,14). The lowest BCUT2D eigenvalue weighted by Crippen LogP contribution is -2.47. The van der Waals surface area contributed by atoms with Gasteiger partial charge in [-0.25, -0.2) is 0 Å². The molecule has 0 spiro atoms. The molecule has 88 valence electrons. The molecule has 1 aliphatic heterocycles. The molecule has 0 radical (unpaired) electrons. The molecular weight excluding hydrogens is 194 g/mol. The molecule has 4 heteroatoms. The summed E-state index contributed by atoms with van der Waals surface area (Å²) in [6.45, 7) is 4.59. The second kappa shape index (κ2) is 4.94. The number of carboxylic acid groups (broad SMARTS) is 1. The Hall–Kier alpha value is -0.610. The predicted molar refractivity (Wildman–Crippen MR) is 57.6 cm³/mol. The van der Waals surface area contributed by atoms with Gasteiger partial charge in [0.1, 0.15) is 0 Å². The van der Waals surface area contributed by atoms with E-state index in [1.165, 1.54) is 0 Å². The van der Waals surface area contributed by atoms with E-state index in [-0.39, 0.29) is 24.0 Å². The highest BCUT2D eigenvalue weighted by Crippen LogP contribution is 2.40. The SMILES string of the molecule is CCC1CC(CC(=O)O)(C(C)N)CCO1. The van der Waals surface area contributed by atoms with Crippen LogP contribution in [0.5, 0.6) is 0 Å². The van der Waals surface area contributed by atoms with Gasteiger partial charge in [-0.2, -0.15) is 0 Å². The summed E-state index contributed by atoms with van der Waals surface area (Å²) in [7, 11) is 0. The van der Waals surface area contributed by atoms with Crippen molar-refractivity contribution in [1.29, 1.82) is 0 Å². The number of nitrogens with two attached hydrogens (primary N) is 1. The molecule has 0 aromatic carbocycles. The Balaban J connectivity index is 2.75. The molecular formula is C11H21NO3. The van der Waals surface area contributed by atoms with E-state index in [0.29, 0.717) is 6.61 Å². The Morgan fingerprint density at radius 3 is 2.87 bits per heavy atom. The number of carbonyl (C=O) groups is 1. The van der Waals surface area contributed by atoms with Crippen LogP contribution in [0.15, 0.2) is 0 Å². The Bertz CT molecular complexity index is 230. The third-order valence-electron chi connectivity index (χ3n) is 3.51. The van der Waals surface area contributed by atoms with Crippen molar-refractivity contribution in [3.05, 3.63) is 0 Å². The molecule has 0 aromatic rings. The van der Waals surface area contributed by atoms with Gasteiger partial charge < -0.3 is 15.6 Å². The monoisotopic (exact) mass is 215 g/mol. The van der Waals surface area contributed by atoms with Crippen LogP contribution in [0.1, 0.15) is 39.5 Å². The first-order chi connectivity index (χ1) is 7.00. The first kappa shape index (κ1) is 12.5. The third-order valence-corrected chi connectivity index (χ3v) is 3.51. The van der Waals surface area contributed by atoms with Gasteiger partial charge in [0.2, 0.25) is 0 Å². The molecule has 3 unspecified atom stereocenters. The van der Waals surface area contributed by atoms with Gasteiger partial charge in [0.15, 0.2) is 0 Å². The van der Waals surface area contributed by atoms with Gasteiger partial charge in [0, 0.05) is 18.1 Å². The van der Waals surface area contributed by atoms with E-state index in [9.17, 15) is 4.79 Å². The highest BCUT2D eigenvalue weighted by Gasteiger charge is 2.41. The van der Waals surface area contributed by atoms with E-state index in [0.717, 1.165) is 19.3 Å². The van der Waals surface area contributed by atoms with Crippen molar-refractivity contribution in [2.75, 3.05) is 6.61 Å². The molecule has 0 bridgehead atoms. The summed E-state index contributed by atoms with van der Waals surface area (Å²) in [4.78, 5) is 10.9. The highest BCUT2D eigenvalue weighted by molar-refractivity contribution is 5.67. The number of ether oxygens (including phenoxy) is 1. The maximum Gasteiger partial charge on any atom is 0.303 e. The van der Waals surface area contributed by atoms with Crippen LogP contribution in [0.3, 0.4) is 0 Å². The number of aliphatic carboxylic acids is 1. The first-order valence-electron chi connectivity index (χ1n) is 5.59. The molecule has 0 saturated carbocycles. The molecule has 4 nitrogen and oxygen atoms in total. The summed E-state index contributed by atoms with van der Waals surface area (Å²) < 4.78 is 5.57. The van der Waals surface area contributed by atoms with Crippen molar-refractivity contribution in [2.45, 2.75) is 51.7 Å². The summed E-state index contributed by atoms with van der Waals surface area (Å²) in [6.07, 6.45) is 2.78. The molecule has 1 heterocycles. The van der Waals surface area contributed by atoms with Crippen molar-refractivity contribution in [3.63, 3.8) is 0 Å². The van der Waals surface area contributed by atoms with Crippen molar-refractivity contribution in [1.82, 2.24) is 0 Å². The molecule has 0 aromatic heterocycles. The summed E-state index contributed by atoms with van der Waals surface area (Å²) in [5.41, 5.74) is 5.68. The number of hydrogen-bond donors (Lipinski definition) is 2. The molecule has 15 heavy (non-hydrogen) atoms.